The first-order valence-corrected chi connectivity index (χ1v) is 10.9. The van der Waals surface area contributed by atoms with Crippen molar-refractivity contribution in [1.29, 1.82) is 0 Å². The maximum absolute atomic E-state index is 14.8. The second-order valence-electron chi connectivity index (χ2n) is 6.30. The molecule has 0 bridgehead atoms. The van der Waals surface area contributed by atoms with Crippen LogP contribution in [0.15, 0.2) is 97.1 Å². The Kier molecular flexibility index (Phi) is 6.18. The summed E-state index contributed by atoms with van der Waals surface area (Å²) in [5.74, 6) is -0.591. The Bertz CT molecular complexity index is 971. The van der Waals surface area contributed by atoms with Gasteiger partial charge in [0.25, 0.3) is 0 Å². The molecule has 0 saturated heterocycles. The average Bonchev–Trinajstić information content (AvgIpc) is 2.75. The molecular formula is C23H20ClO3P. The molecule has 0 N–H and O–H groups in total. The highest BCUT2D eigenvalue weighted by Gasteiger charge is 2.41. The largest absolute Gasteiger partial charge is 0.466 e. The van der Waals surface area contributed by atoms with Crippen LogP contribution in [0.4, 0.5) is 0 Å². The van der Waals surface area contributed by atoms with Gasteiger partial charge in [0.15, 0.2) is 7.14 Å². The van der Waals surface area contributed by atoms with Crippen molar-refractivity contribution in [3.8, 4) is 0 Å². The Hall–Kier alpha value is -2.61. The number of ether oxygens (including phenoxy) is 1. The number of carbonyl (C=O) groups is 1. The summed E-state index contributed by atoms with van der Waals surface area (Å²) in [7, 11) is -2.04. The number of hydrogen-bond donors (Lipinski definition) is 0. The first-order valence-electron chi connectivity index (χ1n) is 8.72. The summed E-state index contributed by atoms with van der Waals surface area (Å²) in [6.07, 6.45) is 0. The normalized spacial score (nSPS) is 12.2. The number of esters is 1. The summed E-state index contributed by atoms with van der Waals surface area (Å²) in [6.45, 7) is 3.96. The molecule has 142 valence electrons. The van der Waals surface area contributed by atoms with Gasteiger partial charge in [0, 0.05) is 21.2 Å². The number of methoxy groups -OCH3 is 1. The van der Waals surface area contributed by atoms with Crippen molar-refractivity contribution in [1.82, 2.24) is 0 Å². The van der Waals surface area contributed by atoms with E-state index >= 15 is 0 Å². The maximum atomic E-state index is 14.8. The van der Waals surface area contributed by atoms with Crippen LogP contribution in [0.5, 0.6) is 0 Å². The number of rotatable bonds is 6. The molecule has 0 aliphatic heterocycles. The van der Waals surface area contributed by atoms with Crippen LogP contribution in [0.25, 0.3) is 0 Å². The third-order valence-electron chi connectivity index (χ3n) is 4.61. The number of benzene rings is 3. The number of halogens is 1. The molecule has 5 heteroatoms. The van der Waals surface area contributed by atoms with Crippen LogP contribution in [0.2, 0.25) is 5.02 Å². The Morgan fingerprint density at radius 1 is 0.893 bits per heavy atom. The zero-order chi connectivity index (χ0) is 20.1. The van der Waals surface area contributed by atoms with Crippen LogP contribution >= 0.6 is 18.7 Å². The van der Waals surface area contributed by atoms with E-state index < -0.39 is 18.8 Å². The van der Waals surface area contributed by atoms with Crippen LogP contribution in [0.3, 0.4) is 0 Å². The van der Waals surface area contributed by atoms with Crippen LogP contribution in [-0.2, 0) is 14.1 Å². The highest BCUT2D eigenvalue weighted by molar-refractivity contribution is 7.79. The summed E-state index contributed by atoms with van der Waals surface area (Å²) in [5, 5.41) is 1.85. The van der Waals surface area contributed by atoms with Gasteiger partial charge in [-0.25, -0.2) is 4.79 Å². The van der Waals surface area contributed by atoms with Crippen LogP contribution < -0.4 is 10.6 Å². The lowest BCUT2D eigenvalue weighted by Crippen LogP contribution is -2.25. The number of hydrogen-bond acceptors (Lipinski definition) is 3. The second kappa shape index (κ2) is 8.60. The highest BCUT2D eigenvalue weighted by atomic mass is 35.5. The summed E-state index contributed by atoms with van der Waals surface area (Å²) in [6, 6.07) is 25.4. The van der Waals surface area contributed by atoms with Gasteiger partial charge in [0.05, 0.1) is 12.8 Å². The second-order valence-corrected chi connectivity index (χ2v) is 9.60. The molecule has 28 heavy (non-hydrogen) atoms. The van der Waals surface area contributed by atoms with Crippen molar-refractivity contribution >= 4 is 35.3 Å². The lowest BCUT2D eigenvalue weighted by atomic mass is 10.1. The summed E-state index contributed by atoms with van der Waals surface area (Å²) < 4.78 is 19.7. The van der Waals surface area contributed by atoms with Gasteiger partial charge < -0.3 is 9.30 Å². The van der Waals surface area contributed by atoms with Crippen LogP contribution in [-0.4, -0.2) is 13.1 Å². The van der Waals surface area contributed by atoms with E-state index in [1.165, 1.54) is 7.11 Å². The molecule has 0 aliphatic rings. The minimum atomic E-state index is -3.34. The third kappa shape index (κ3) is 3.82. The molecule has 0 heterocycles. The predicted octanol–water partition coefficient (Wildman–Crippen LogP) is 5.12. The Labute approximate surface area is 170 Å². The molecule has 0 aromatic heterocycles. The van der Waals surface area contributed by atoms with Gasteiger partial charge in [-0.05, 0) is 17.7 Å². The van der Waals surface area contributed by atoms with Gasteiger partial charge in [-0.1, -0.05) is 91.0 Å². The van der Waals surface area contributed by atoms with E-state index in [0.717, 1.165) is 0 Å². The molecule has 0 spiro atoms. The zero-order valence-corrected chi connectivity index (χ0v) is 17.1. The summed E-state index contributed by atoms with van der Waals surface area (Å²) in [5.41, 5.74) is 0.0544. The first kappa shape index (κ1) is 20.1. The summed E-state index contributed by atoms with van der Waals surface area (Å²) in [4.78, 5) is 12.4. The quantitative estimate of drug-likeness (QED) is 0.321. The van der Waals surface area contributed by atoms with E-state index in [0.29, 0.717) is 21.2 Å². The molecule has 3 rings (SSSR count). The molecule has 0 aliphatic carbocycles. The van der Waals surface area contributed by atoms with E-state index in [9.17, 15) is 9.36 Å². The van der Waals surface area contributed by atoms with Crippen molar-refractivity contribution in [2.75, 3.05) is 7.11 Å². The third-order valence-corrected chi connectivity index (χ3v) is 8.33. The molecule has 0 fully saturated rings. The standard InChI is InChI=1S/C23H20ClO3P/c1-17(23(25)27-2)22(18-13-15-19(24)16-14-18)28(26,20-9-5-3-6-10-20)21-11-7-4-8-12-21/h3-16,22H,1H2,2H3/t22-/m0/s1. The van der Waals surface area contributed by atoms with Gasteiger partial charge in [0.2, 0.25) is 0 Å². The van der Waals surface area contributed by atoms with Crippen molar-refractivity contribution in [3.63, 3.8) is 0 Å². The Balaban J connectivity index is 2.31. The van der Waals surface area contributed by atoms with Gasteiger partial charge >= 0.3 is 5.97 Å². The smallest absolute Gasteiger partial charge is 0.334 e. The van der Waals surface area contributed by atoms with E-state index in [1.807, 2.05) is 60.7 Å². The molecule has 0 radical (unpaired) electrons. The fourth-order valence-electron chi connectivity index (χ4n) is 3.26. The molecule has 1 atom stereocenters. The topological polar surface area (TPSA) is 43.4 Å². The Morgan fingerprint density at radius 2 is 1.36 bits per heavy atom. The Morgan fingerprint density at radius 3 is 1.79 bits per heavy atom. The van der Waals surface area contributed by atoms with Crippen molar-refractivity contribution in [2.45, 2.75) is 5.66 Å². The van der Waals surface area contributed by atoms with Crippen LogP contribution in [0, 0.1) is 0 Å². The van der Waals surface area contributed by atoms with Crippen molar-refractivity contribution in [3.05, 3.63) is 108 Å². The predicted molar refractivity (Wildman–Crippen MR) is 115 cm³/mol. The summed E-state index contributed by atoms with van der Waals surface area (Å²) >= 11 is 6.05. The molecule has 0 unspecified atom stereocenters. The van der Waals surface area contributed by atoms with E-state index in [2.05, 4.69) is 6.58 Å². The number of carbonyl (C=O) groups excluding carboxylic acids is 1. The molecular weight excluding hydrogens is 391 g/mol. The minimum Gasteiger partial charge on any atom is -0.466 e. The molecule has 3 aromatic carbocycles. The van der Waals surface area contributed by atoms with Gasteiger partial charge in [-0.3, -0.25) is 0 Å². The average molecular weight is 411 g/mol. The first-order chi connectivity index (χ1) is 13.5. The van der Waals surface area contributed by atoms with Crippen molar-refractivity contribution < 1.29 is 14.1 Å². The van der Waals surface area contributed by atoms with Crippen molar-refractivity contribution in [2.24, 2.45) is 0 Å². The fourth-order valence-corrected chi connectivity index (χ4v) is 6.65. The van der Waals surface area contributed by atoms with E-state index in [4.69, 9.17) is 16.3 Å². The lowest BCUT2D eigenvalue weighted by Gasteiger charge is -2.30. The molecule has 0 saturated carbocycles. The molecule has 3 aromatic rings. The monoisotopic (exact) mass is 410 g/mol. The molecule has 0 amide bonds. The van der Waals surface area contributed by atoms with Gasteiger partial charge in [-0.15, -0.1) is 0 Å². The van der Waals surface area contributed by atoms with Gasteiger partial charge in [0.1, 0.15) is 0 Å². The fraction of sp³-hybridized carbons (Fsp3) is 0.0870. The van der Waals surface area contributed by atoms with Gasteiger partial charge in [-0.2, -0.15) is 0 Å². The minimum absolute atomic E-state index is 0.140. The highest BCUT2D eigenvalue weighted by Crippen LogP contribution is 2.60. The SMILES string of the molecule is C=C(C(=O)OC)[C@@H](c1ccc(Cl)cc1)P(=O)(c1ccccc1)c1ccccc1. The maximum Gasteiger partial charge on any atom is 0.334 e. The lowest BCUT2D eigenvalue weighted by molar-refractivity contribution is -0.136. The van der Waals surface area contributed by atoms with E-state index in [1.54, 1.807) is 24.3 Å². The van der Waals surface area contributed by atoms with Crippen LogP contribution in [0.1, 0.15) is 11.2 Å². The zero-order valence-electron chi connectivity index (χ0n) is 15.4. The molecule has 3 nitrogen and oxygen atoms in total. The van der Waals surface area contributed by atoms with E-state index in [-0.39, 0.29) is 5.57 Å².